The Morgan fingerprint density at radius 3 is 1.93 bits per heavy atom. The van der Waals surface area contributed by atoms with Crippen LogP contribution in [-0.2, 0) is 14.3 Å². The van der Waals surface area contributed by atoms with Gasteiger partial charge < -0.3 is 15.4 Å². The minimum absolute atomic E-state index is 0.0415. The van der Waals surface area contributed by atoms with E-state index in [4.69, 9.17) is 4.74 Å². The fourth-order valence-electron chi connectivity index (χ4n) is 3.42. The van der Waals surface area contributed by atoms with Crippen LogP contribution in [0.15, 0.2) is 85.2 Å². The smallest absolute Gasteiger partial charge is 0.223 e. The second-order valence-corrected chi connectivity index (χ2v) is 9.25. The summed E-state index contributed by atoms with van der Waals surface area (Å²) in [6.45, 7) is 5.84. The van der Waals surface area contributed by atoms with Crippen LogP contribution in [0.5, 0.6) is 0 Å². The number of nitrogens with zero attached hydrogens (tertiary/aromatic N) is 1. The van der Waals surface area contributed by atoms with Gasteiger partial charge in [-0.3, -0.25) is 14.6 Å². The number of allylic oxidation sites excluding steroid dienone is 10. The quantitative estimate of drug-likeness (QED) is 0.121. The zero-order valence-corrected chi connectivity index (χ0v) is 24.5. The van der Waals surface area contributed by atoms with Crippen LogP contribution in [0.2, 0.25) is 0 Å². The fraction of sp³-hybridized carbons (Fsp3) is 0.441. The number of rotatable bonds is 22. The first-order valence-corrected chi connectivity index (χ1v) is 14.6. The predicted molar refractivity (Wildman–Crippen MR) is 168 cm³/mol. The van der Waals surface area contributed by atoms with Crippen molar-refractivity contribution in [1.29, 1.82) is 0 Å². The van der Waals surface area contributed by atoms with Gasteiger partial charge in [-0.1, -0.05) is 85.9 Å². The third-order valence-electron chi connectivity index (χ3n) is 5.62. The average molecular weight is 548 g/mol. The number of amides is 2. The molecule has 0 radical (unpaired) electrons. The number of hydrogen-bond acceptors (Lipinski definition) is 4. The van der Waals surface area contributed by atoms with Gasteiger partial charge in [0.2, 0.25) is 11.8 Å². The molecule has 0 atom stereocenters. The number of pyridine rings is 1. The van der Waals surface area contributed by atoms with E-state index in [9.17, 15) is 9.59 Å². The van der Waals surface area contributed by atoms with Crippen LogP contribution >= 0.6 is 0 Å². The van der Waals surface area contributed by atoms with Gasteiger partial charge in [-0.05, 0) is 63.5 Å². The van der Waals surface area contributed by atoms with E-state index < -0.39 is 0 Å². The molecule has 0 fully saturated rings. The molecule has 0 aliphatic rings. The van der Waals surface area contributed by atoms with E-state index in [-0.39, 0.29) is 11.8 Å². The summed E-state index contributed by atoms with van der Waals surface area (Å²) in [6.07, 6.45) is 34.8. The molecular formula is C34H49N3O3. The number of carbonyl (C=O) groups excluding carboxylic acids is 2. The molecule has 0 bridgehead atoms. The van der Waals surface area contributed by atoms with Crippen LogP contribution in [0.1, 0.15) is 76.0 Å². The SMILES string of the molecule is CCC=CCC=CCC=CCC=CCC=CCCCC(=O)NCCOCCNC(=O)CC=Cc1ccc(C)nc1. The molecule has 1 aromatic rings. The van der Waals surface area contributed by atoms with Crippen LogP contribution in [-0.4, -0.2) is 43.1 Å². The van der Waals surface area contributed by atoms with Crippen molar-refractivity contribution in [3.8, 4) is 0 Å². The molecule has 40 heavy (non-hydrogen) atoms. The van der Waals surface area contributed by atoms with Gasteiger partial charge in [-0.25, -0.2) is 0 Å². The monoisotopic (exact) mass is 547 g/mol. The molecular weight excluding hydrogens is 498 g/mol. The highest BCUT2D eigenvalue weighted by Crippen LogP contribution is 2.02. The van der Waals surface area contributed by atoms with Crippen molar-refractivity contribution in [2.75, 3.05) is 26.3 Å². The molecule has 0 saturated carbocycles. The molecule has 218 valence electrons. The lowest BCUT2D eigenvalue weighted by Crippen LogP contribution is -2.29. The van der Waals surface area contributed by atoms with Crippen LogP contribution in [0, 0.1) is 6.92 Å². The summed E-state index contributed by atoms with van der Waals surface area (Å²) in [4.78, 5) is 28.0. The summed E-state index contributed by atoms with van der Waals surface area (Å²) in [7, 11) is 0. The van der Waals surface area contributed by atoms with Gasteiger partial charge in [0, 0.05) is 37.8 Å². The Bertz CT molecular complexity index is 973. The van der Waals surface area contributed by atoms with E-state index in [2.05, 4.69) is 83.3 Å². The molecule has 1 heterocycles. The first-order chi connectivity index (χ1) is 19.6. The van der Waals surface area contributed by atoms with Crippen LogP contribution in [0.25, 0.3) is 6.08 Å². The molecule has 0 aliphatic carbocycles. The third kappa shape index (κ3) is 22.5. The lowest BCUT2D eigenvalue weighted by molar-refractivity contribution is -0.121. The molecule has 0 aliphatic heterocycles. The van der Waals surface area contributed by atoms with E-state index in [0.717, 1.165) is 56.2 Å². The summed E-state index contributed by atoms with van der Waals surface area (Å²) < 4.78 is 5.48. The van der Waals surface area contributed by atoms with Crippen molar-refractivity contribution in [3.05, 3.63) is 96.4 Å². The summed E-state index contributed by atoms with van der Waals surface area (Å²) in [5, 5.41) is 5.69. The normalized spacial score (nSPS) is 12.2. The van der Waals surface area contributed by atoms with Crippen LogP contribution < -0.4 is 10.6 Å². The van der Waals surface area contributed by atoms with E-state index in [1.807, 2.05) is 31.2 Å². The summed E-state index contributed by atoms with van der Waals surface area (Å²) in [6, 6.07) is 3.91. The van der Waals surface area contributed by atoms with Gasteiger partial charge >= 0.3 is 0 Å². The van der Waals surface area contributed by atoms with E-state index in [0.29, 0.717) is 39.1 Å². The maximum atomic E-state index is 11.9. The van der Waals surface area contributed by atoms with Gasteiger partial charge in [0.05, 0.1) is 13.2 Å². The molecule has 0 saturated heterocycles. The van der Waals surface area contributed by atoms with Crippen molar-refractivity contribution >= 4 is 17.9 Å². The third-order valence-corrected chi connectivity index (χ3v) is 5.62. The molecule has 0 spiro atoms. The average Bonchev–Trinajstić information content (AvgIpc) is 2.95. The zero-order valence-electron chi connectivity index (χ0n) is 24.5. The van der Waals surface area contributed by atoms with Gasteiger partial charge in [-0.15, -0.1) is 0 Å². The number of ether oxygens (including phenoxy) is 1. The summed E-state index contributed by atoms with van der Waals surface area (Å²) in [5.74, 6) is -0.0134. The molecule has 2 N–H and O–H groups in total. The van der Waals surface area contributed by atoms with Crippen molar-refractivity contribution in [1.82, 2.24) is 15.6 Å². The molecule has 1 rings (SSSR count). The highest BCUT2D eigenvalue weighted by Gasteiger charge is 2.00. The van der Waals surface area contributed by atoms with E-state index in [1.54, 1.807) is 6.20 Å². The first kappa shape index (κ1) is 34.5. The van der Waals surface area contributed by atoms with Gasteiger partial charge in [0.1, 0.15) is 0 Å². The van der Waals surface area contributed by atoms with E-state index in [1.165, 1.54) is 0 Å². The Morgan fingerprint density at radius 2 is 1.35 bits per heavy atom. The predicted octanol–water partition coefficient (Wildman–Crippen LogP) is 6.96. The minimum atomic E-state index is -0.0549. The van der Waals surface area contributed by atoms with Crippen molar-refractivity contribution in [2.24, 2.45) is 0 Å². The summed E-state index contributed by atoms with van der Waals surface area (Å²) >= 11 is 0. The number of nitrogens with one attached hydrogen (secondary N) is 2. The maximum Gasteiger partial charge on any atom is 0.223 e. The van der Waals surface area contributed by atoms with Crippen LogP contribution in [0.4, 0.5) is 0 Å². The lowest BCUT2D eigenvalue weighted by atomic mass is 10.2. The van der Waals surface area contributed by atoms with Gasteiger partial charge in [0.15, 0.2) is 0 Å². The highest BCUT2D eigenvalue weighted by molar-refractivity contribution is 5.78. The van der Waals surface area contributed by atoms with Crippen molar-refractivity contribution in [3.63, 3.8) is 0 Å². The van der Waals surface area contributed by atoms with E-state index >= 15 is 0 Å². The van der Waals surface area contributed by atoms with Crippen LogP contribution in [0.3, 0.4) is 0 Å². The number of aromatic nitrogens is 1. The summed E-state index contributed by atoms with van der Waals surface area (Å²) in [5.41, 5.74) is 1.93. The second-order valence-electron chi connectivity index (χ2n) is 9.25. The maximum absolute atomic E-state index is 11.9. The number of unbranched alkanes of at least 4 members (excludes halogenated alkanes) is 1. The van der Waals surface area contributed by atoms with Gasteiger partial charge in [0.25, 0.3) is 0 Å². The Labute approximate surface area is 242 Å². The number of carbonyl (C=O) groups is 2. The Balaban J connectivity index is 1.90. The number of hydrogen-bond donors (Lipinski definition) is 2. The second kappa shape index (κ2) is 25.8. The first-order valence-electron chi connectivity index (χ1n) is 14.6. The van der Waals surface area contributed by atoms with Gasteiger partial charge in [-0.2, -0.15) is 0 Å². The molecule has 0 unspecified atom stereocenters. The Kier molecular flexibility index (Phi) is 22.2. The fourth-order valence-corrected chi connectivity index (χ4v) is 3.42. The van der Waals surface area contributed by atoms with Crippen molar-refractivity contribution in [2.45, 2.75) is 71.6 Å². The largest absolute Gasteiger partial charge is 0.378 e. The minimum Gasteiger partial charge on any atom is -0.378 e. The standard InChI is InChI=1S/C34H49N3O3/c1-3-4-5-6-7-8-9-10-11-12-13-14-15-16-17-18-19-22-33(38)35-26-28-40-29-27-36-34(39)23-20-21-32-25-24-31(2)37-30-32/h4-5,7-8,10-11,13-14,16-17,20-21,24-25,30H,3,6,9,12,15,18-19,22-23,26-29H2,1-2H3,(H,35,38)(H,36,39). The lowest BCUT2D eigenvalue weighted by Gasteiger charge is -2.07. The molecule has 2 amide bonds. The van der Waals surface area contributed by atoms with Crippen molar-refractivity contribution < 1.29 is 14.3 Å². The number of aryl methyl sites for hydroxylation is 1. The molecule has 1 aromatic heterocycles. The molecule has 0 aromatic carbocycles. The molecule has 6 heteroatoms. The Hall–Kier alpha value is -3.51. The zero-order chi connectivity index (χ0) is 28.9. The topological polar surface area (TPSA) is 80.3 Å². The highest BCUT2D eigenvalue weighted by atomic mass is 16.5. The molecule has 6 nitrogen and oxygen atoms in total. The Morgan fingerprint density at radius 1 is 0.775 bits per heavy atom.